The van der Waals surface area contributed by atoms with Gasteiger partial charge < -0.3 is 14.9 Å². The van der Waals surface area contributed by atoms with Gasteiger partial charge in [-0.25, -0.2) is 8.78 Å². The molecule has 30 heavy (non-hydrogen) atoms. The van der Waals surface area contributed by atoms with Gasteiger partial charge in [0, 0.05) is 49.2 Å². The molecule has 2 heterocycles. The minimum absolute atomic E-state index is 0.0962. The summed E-state index contributed by atoms with van der Waals surface area (Å²) >= 11 is 3.66. The molecule has 1 saturated carbocycles. The van der Waals surface area contributed by atoms with E-state index in [0.29, 0.717) is 25.2 Å². The number of alkyl halides is 2. The predicted octanol–water partition coefficient (Wildman–Crippen LogP) is 4.47. The second-order valence-electron chi connectivity index (χ2n) is 8.14. The molecule has 8 heteroatoms. The highest BCUT2D eigenvalue weighted by Gasteiger charge is 2.57. The Kier molecular flexibility index (Phi) is 5.81. The van der Waals surface area contributed by atoms with Crippen LogP contribution in [0.5, 0.6) is 0 Å². The van der Waals surface area contributed by atoms with E-state index < -0.39 is 17.4 Å². The molecule has 1 unspecified atom stereocenters. The number of hydrogen-bond acceptors (Lipinski definition) is 4. The van der Waals surface area contributed by atoms with Crippen molar-refractivity contribution in [2.24, 2.45) is 16.1 Å². The lowest BCUT2D eigenvalue weighted by Crippen LogP contribution is -2.43. The van der Waals surface area contributed by atoms with Crippen LogP contribution in [0.25, 0.3) is 0 Å². The minimum atomic E-state index is -2.59. The molecule has 5 nitrogen and oxygen atoms in total. The van der Waals surface area contributed by atoms with Crippen LogP contribution in [0.1, 0.15) is 31.2 Å². The first-order valence-electron chi connectivity index (χ1n) is 10.1. The summed E-state index contributed by atoms with van der Waals surface area (Å²) in [4.78, 5) is 4.08. The number of amidine groups is 1. The quantitative estimate of drug-likeness (QED) is 0.386. The normalized spacial score (nSPS) is 25.5. The minimum Gasteiger partial charge on any atom is -0.385 e. The monoisotopic (exact) mass is 478 g/mol. The summed E-state index contributed by atoms with van der Waals surface area (Å²) in [6, 6.07) is 9.80. The lowest BCUT2D eigenvalue weighted by Gasteiger charge is -2.41. The van der Waals surface area contributed by atoms with E-state index in [2.05, 4.69) is 37.8 Å². The second kappa shape index (κ2) is 8.23. The molecular weight excluding hydrogens is 454 g/mol. The molecule has 1 aromatic carbocycles. The van der Waals surface area contributed by atoms with Gasteiger partial charge in [-0.1, -0.05) is 46.3 Å². The van der Waals surface area contributed by atoms with Gasteiger partial charge in [-0.2, -0.15) is 5.10 Å². The van der Waals surface area contributed by atoms with Crippen molar-refractivity contribution in [3.63, 3.8) is 0 Å². The largest absolute Gasteiger partial charge is 0.385 e. The van der Waals surface area contributed by atoms with E-state index in [-0.39, 0.29) is 12.8 Å². The van der Waals surface area contributed by atoms with Crippen molar-refractivity contribution in [3.8, 4) is 0 Å². The van der Waals surface area contributed by atoms with Gasteiger partial charge >= 0.3 is 0 Å². The molecule has 3 aliphatic rings. The Balaban J connectivity index is 1.40. The van der Waals surface area contributed by atoms with E-state index in [1.54, 1.807) is 0 Å². The third-order valence-corrected chi connectivity index (χ3v) is 6.80. The number of aliphatic hydroxyl groups is 1. The molecule has 1 N–H and O–H groups in total. The smallest absolute Gasteiger partial charge is 0.252 e. The zero-order valence-corrected chi connectivity index (χ0v) is 18.2. The van der Waals surface area contributed by atoms with E-state index in [1.165, 1.54) is 0 Å². The van der Waals surface area contributed by atoms with Crippen molar-refractivity contribution >= 4 is 28.5 Å². The van der Waals surface area contributed by atoms with Crippen LogP contribution in [-0.4, -0.2) is 53.0 Å². The van der Waals surface area contributed by atoms with Gasteiger partial charge in [-0.05, 0) is 24.5 Å². The number of piperidine rings is 1. The van der Waals surface area contributed by atoms with Crippen LogP contribution in [0.3, 0.4) is 0 Å². The average Bonchev–Trinajstić information content (AvgIpc) is 3.35. The third-order valence-electron chi connectivity index (χ3n) is 6.14. The molecule has 1 saturated heterocycles. The van der Waals surface area contributed by atoms with E-state index in [0.717, 1.165) is 28.8 Å². The fourth-order valence-corrected chi connectivity index (χ4v) is 4.80. The van der Waals surface area contributed by atoms with E-state index >= 15 is 0 Å². The molecule has 1 atom stereocenters. The highest BCUT2D eigenvalue weighted by atomic mass is 79.9. The Morgan fingerprint density at radius 3 is 2.47 bits per heavy atom. The average molecular weight is 479 g/mol. The van der Waals surface area contributed by atoms with Crippen LogP contribution >= 0.6 is 15.9 Å². The molecule has 4 rings (SSSR count). The summed E-state index contributed by atoms with van der Waals surface area (Å²) in [6.45, 7) is 5.32. The summed E-state index contributed by atoms with van der Waals surface area (Å²) in [5.41, 5.74) is 1.20. The zero-order chi connectivity index (χ0) is 21.4. The number of halogens is 3. The summed E-state index contributed by atoms with van der Waals surface area (Å²) in [7, 11) is 0. The van der Waals surface area contributed by atoms with Crippen molar-refractivity contribution < 1.29 is 13.9 Å². The number of rotatable bonds is 5. The maximum Gasteiger partial charge on any atom is 0.252 e. The fourth-order valence-electron chi connectivity index (χ4n) is 4.15. The molecule has 1 aliphatic carbocycles. The highest BCUT2D eigenvalue weighted by molar-refractivity contribution is 9.11. The van der Waals surface area contributed by atoms with Gasteiger partial charge in [0.2, 0.25) is 0 Å². The Morgan fingerprint density at radius 2 is 1.90 bits per heavy atom. The SMILES string of the molecule is C=N/N=C(/CC1CC1(F)F)N1C=CC(N2CCC(O)(c3ccccc3)CC2)=C(Br)C1. The van der Waals surface area contributed by atoms with Crippen LogP contribution in [0, 0.1) is 5.92 Å². The zero-order valence-electron chi connectivity index (χ0n) is 16.6. The van der Waals surface area contributed by atoms with Crippen molar-refractivity contribution in [2.45, 2.75) is 37.2 Å². The van der Waals surface area contributed by atoms with Crippen LogP contribution < -0.4 is 0 Å². The van der Waals surface area contributed by atoms with Crippen LogP contribution in [0.4, 0.5) is 8.78 Å². The van der Waals surface area contributed by atoms with Gasteiger partial charge in [0.15, 0.2) is 0 Å². The number of hydrogen-bond donors (Lipinski definition) is 1. The van der Waals surface area contributed by atoms with Crippen molar-refractivity contribution in [2.75, 3.05) is 19.6 Å². The van der Waals surface area contributed by atoms with Crippen LogP contribution in [-0.2, 0) is 5.60 Å². The first kappa shape index (κ1) is 21.2. The molecule has 2 fully saturated rings. The van der Waals surface area contributed by atoms with Gasteiger partial charge in [-0.3, -0.25) is 0 Å². The highest BCUT2D eigenvalue weighted by Crippen LogP contribution is 2.51. The van der Waals surface area contributed by atoms with Crippen LogP contribution in [0.2, 0.25) is 0 Å². The molecule has 0 amide bonds. The third kappa shape index (κ3) is 4.34. The summed E-state index contributed by atoms with van der Waals surface area (Å²) in [5.74, 6) is -2.77. The molecule has 0 bridgehead atoms. The van der Waals surface area contributed by atoms with E-state index in [9.17, 15) is 13.9 Å². The molecule has 0 aromatic heterocycles. The first-order valence-corrected chi connectivity index (χ1v) is 10.9. The Labute approximate surface area is 183 Å². The first-order chi connectivity index (χ1) is 14.3. The number of allylic oxidation sites excluding steroid dienone is 1. The van der Waals surface area contributed by atoms with Gasteiger partial charge in [-0.15, -0.1) is 5.10 Å². The Hall–Kier alpha value is -2.06. The van der Waals surface area contributed by atoms with Crippen LogP contribution in [0.15, 0.2) is 63.0 Å². The lowest BCUT2D eigenvalue weighted by atomic mass is 9.84. The number of benzene rings is 1. The standard InChI is InChI=1S/C22H25BrF2N4O/c1-26-27-20(13-17-14-22(17,24)25)29-10-7-19(18(23)15-29)28-11-8-21(30,9-12-28)16-5-3-2-4-6-16/h2-7,10,17,30H,1,8-9,11-15H2/b27-20-. The lowest BCUT2D eigenvalue weighted by molar-refractivity contribution is -0.0180. The van der Waals surface area contributed by atoms with Gasteiger partial charge in [0.05, 0.1) is 17.8 Å². The van der Waals surface area contributed by atoms with Crippen molar-refractivity contribution in [1.82, 2.24) is 9.80 Å². The summed E-state index contributed by atoms with van der Waals surface area (Å²) in [5, 5.41) is 18.6. The Bertz CT molecular complexity index is 892. The summed E-state index contributed by atoms with van der Waals surface area (Å²) in [6.07, 6.45) is 5.19. The number of likely N-dealkylation sites (tertiary alicyclic amines) is 1. The molecule has 160 valence electrons. The van der Waals surface area contributed by atoms with Gasteiger partial charge in [0.25, 0.3) is 5.92 Å². The maximum absolute atomic E-state index is 13.3. The van der Waals surface area contributed by atoms with Gasteiger partial charge in [0.1, 0.15) is 5.84 Å². The van der Waals surface area contributed by atoms with Crippen molar-refractivity contribution in [1.29, 1.82) is 0 Å². The molecule has 0 spiro atoms. The fraction of sp³-hybridized carbons (Fsp3) is 0.455. The van der Waals surface area contributed by atoms with Crippen molar-refractivity contribution in [3.05, 3.63) is 58.4 Å². The summed E-state index contributed by atoms with van der Waals surface area (Å²) < 4.78 is 27.6. The molecular formula is C22H25BrF2N4O. The topological polar surface area (TPSA) is 51.4 Å². The second-order valence-corrected chi connectivity index (χ2v) is 9.10. The molecule has 0 radical (unpaired) electrons. The molecule has 1 aromatic rings. The van der Waals surface area contributed by atoms with E-state index in [1.807, 2.05) is 47.5 Å². The molecule has 2 aliphatic heterocycles. The number of nitrogens with zero attached hydrogens (tertiary/aromatic N) is 4. The predicted molar refractivity (Wildman–Crippen MR) is 118 cm³/mol. The maximum atomic E-state index is 13.3. The van der Waals surface area contributed by atoms with E-state index in [4.69, 9.17) is 0 Å². The Morgan fingerprint density at radius 1 is 1.23 bits per heavy atom.